The molecule has 0 radical (unpaired) electrons. The molecular formula is C21H23Cl2N3OS. The zero-order valence-electron chi connectivity index (χ0n) is 15.8. The first-order valence-corrected chi connectivity index (χ1v) is 10.6. The van der Waals surface area contributed by atoms with Crippen LogP contribution in [0.15, 0.2) is 58.7 Å². The summed E-state index contributed by atoms with van der Waals surface area (Å²) in [5.74, 6) is 0.241. The van der Waals surface area contributed by atoms with Crippen molar-refractivity contribution in [2.24, 2.45) is 0 Å². The average Bonchev–Trinajstić information content (AvgIpc) is 3.02. The second-order valence-electron chi connectivity index (χ2n) is 6.99. The van der Waals surface area contributed by atoms with Crippen molar-refractivity contribution in [2.45, 2.75) is 42.1 Å². The van der Waals surface area contributed by atoms with Crippen LogP contribution in [0.25, 0.3) is 0 Å². The molecule has 0 aliphatic carbocycles. The van der Waals surface area contributed by atoms with Gasteiger partial charge in [-0.25, -0.2) is 4.98 Å². The molecule has 148 valence electrons. The molecule has 1 aromatic heterocycles. The summed E-state index contributed by atoms with van der Waals surface area (Å²) in [6.45, 7) is 4.20. The van der Waals surface area contributed by atoms with E-state index in [1.165, 1.54) is 0 Å². The molecule has 28 heavy (non-hydrogen) atoms. The number of aliphatic hydroxyl groups is 1. The first-order chi connectivity index (χ1) is 13.4. The van der Waals surface area contributed by atoms with E-state index in [9.17, 15) is 5.11 Å². The molecule has 0 saturated heterocycles. The van der Waals surface area contributed by atoms with Crippen molar-refractivity contribution in [3.8, 4) is 0 Å². The average molecular weight is 436 g/mol. The van der Waals surface area contributed by atoms with Gasteiger partial charge in [0.25, 0.3) is 0 Å². The Kier molecular flexibility index (Phi) is 6.94. The number of nitrogens with zero attached hydrogens (tertiary/aromatic N) is 2. The Hall–Kier alpha value is -1.66. The minimum absolute atomic E-state index is 0.00738. The third kappa shape index (κ3) is 5.03. The fourth-order valence-corrected chi connectivity index (χ4v) is 5.01. The van der Waals surface area contributed by atoms with Gasteiger partial charge in [-0.3, -0.25) is 0 Å². The number of hydrogen-bond donors (Lipinski definition) is 2. The normalized spacial score (nSPS) is 12.5. The lowest BCUT2D eigenvalue weighted by atomic mass is 10.1. The molecule has 1 atom stereocenters. The molecule has 0 fully saturated rings. The number of benzene rings is 2. The van der Waals surface area contributed by atoms with Crippen molar-refractivity contribution >= 4 is 40.7 Å². The van der Waals surface area contributed by atoms with Crippen LogP contribution in [0, 0.1) is 0 Å². The molecule has 0 saturated carbocycles. The van der Waals surface area contributed by atoms with Crippen LogP contribution >= 0.6 is 35.0 Å². The predicted octanol–water partition coefficient (Wildman–Crippen LogP) is 5.82. The smallest absolute Gasteiger partial charge is 0.103 e. The molecule has 1 heterocycles. The summed E-state index contributed by atoms with van der Waals surface area (Å²) in [5, 5.41) is 12.3. The van der Waals surface area contributed by atoms with Gasteiger partial charge in [-0.2, -0.15) is 0 Å². The Morgan fingerprint density at radius 2 is 1.86 bits per heavy atom. The van der Waals surface area contributed by atoms with Crippen molar-refractivity contribution in [2.75, 3.05) is 12.3 Å². The summed E-state index contributed by atoms with van der Waals surface area (Å²) in [6.07, 6.45) is 2.45. The Morgan fingerprint density at radius 1 is 1.14 bits per heavy atom. The molecule has 2 aromatic carbocycles. The van der Waals surface area contributed by atoms with Crippen molar-refractivity contribution < 1.29 is 5.11 Å². The molecule has 0 amide bonds. The second kappa shape index (κ2) is 9.23. The summed E-state index contributed by atoms with van der Waals surface area (Å²) in [6, 6.07) is 13.1. The van der Waals surface area contributed by atoms with E-state index in [-0.39, 0.29) is 18.6 Å². The number of imidazole rings is 1. The van der Waals surface area contributed by atoms with Crippen molar-refractivity contribution in [3.05, 3.63) is 70.1 Å². The fraction of sp³-hybridized carbons (Fsp3) is 0.286. The highest BCUT2D eigenvalue weighted by Crippen LogP contribution is 2.37. The fourth-order valence-electron chi connectivity index (χ4n) is 3.07. The summed E-state index contributed by atoms with van der Waals surface area (Å²) in [7, 11) is 0. The van der Waals surface area contributed by atoms with Crippen LogP contribution in [0.5, 0.6) is 0 Å². The first-order valence-electron chi connectivity index (χ1n) is 9.03. The maximum Gasteiger partial charge on any atom is 0.103 e. The van der Waals surface area contributed by atoms with Crippen molar-refractivity contribution in [1.29, 1.82) is 0 Å². The minimum Gasteiger partial charge on any atom is -0.399 e. The van der Waals surface area contributed by atoms with E-state index in [1.54, 1.807) is 24.2 Å². The lowest BCUT2D eigenvalue weighted by Crippen LogP contribution is -2.16. The van der Waals surface area contributed by atoms with Gasteiger partial charge in [0, 0.05) is 20.6 Å². The number of aromatic nitrogens is 2. The zero-order valence-corrected chi connectivity index (χ0v) is 18.1. The van der Waals surface area contributed by atoms with Gasteiger partial charge in [-0.1, -0.05) is 60.9 Å². The SMILES string of the molecule is CC(C)c1ncn(C(CO)Cc2cccc(N)c2)c1Sc1cc(Cl)cc(Cl)c1. The van der Waals surface area contributed by atoms with Gasteiger partial charge in [-0.05, 0) is 48.2 Å². The van der Waals surface area contributed by atoms with Gasteiger partial charge in [0.15, 0.2) is 0 Å². The van der Waals surface area contributed by atoms with Crippen LogP contribution in [0.3, 0.4) is 0 Å². The van der Waals surface area contributed by atoms with E-state index in [0.717, 1.165) is 21.2 Å². The number of nitrogens with two attached hydrogens (primary N) is 1. The van der Waals surface area contributed by atoms with Crippen LogP contribution < -0.4 is 5.73 Å². The number of halogens is 2. The first kappa shape index (κ1) is 21.1. The van der Waals surface area contributed by atoms with E-state index in [2.05, 4.69) is 18.8 Å². The zero-order chi connectivity index (χ0) is 20.3. The Balaban J connectivity index is 1.97. The maximum atomic E-state index is 10.1. The number of rotatable bonds is 7. The Labute approximate surface area is 179 Å². The van der Waals surface area contributed by atoms with Gasteiger partial charge in [0.1, 0.15) is 5.03 Å². The summed E-state index contributed by atoms with van der Waals surface area (Å²) in [4.78, 5) is 5.56. The van der Waals surface area contributed by atoms with E-state index in [4.69, 9.17) is 28.9 Å². The molecule has 7 heteroatoms. The van der Waals surface area contributed by atoms with Crippen LogP contribution in [-0.2, 0) is 6.42 Å². The van der Waals surface area contributed by atoms with Crippen LogP contribution in [-0.4, -0.2) is 21.3 Å². The number of nitrogen functional groups attached to an aromatic ring is 1. The summed E-state index contributed by atoms with van der Waals surface area (Å²) >= 11 is 13.9. The lowest BCUT2D eigenvalue weighted by molar-refractivity contribution is 0.221. The van der Waals surface area contributed by atoms with Crippen LogP contribution in [0.4, 0.5) is 5.69 Å². The molecule has 4 nitrogen and oxygen atoms in total. The standard InChI is InChI=1S/C21H23Cl2N3OS/c1-13(2)20-21(28-19-9-15(22)8-16(23)10-19)26(12-25-20)18(11-27)7-14-4-3-5-17(24)6-14/h3-6,8-10,12-13,18,27H,7,11,24H2,1-2H3. The lowest BCUT2D eigenvalue weighted by Gasteiger charge is -2.20. The topological polar surface area (TPSA) is 64.1 Å². The van der Waals surface area contributed by atoms with Gasteiger partial charge < -0.3 is 15.4 Å². The molecule has 0 aliphatic heterocycles. The van der Waals surface area contributed by atoms with E-state index >= 15 is 0 Å². The highest BCUT2D eigenvalue weighted by atomic mass is 35.5. The highest BCUT2D eigenvalue weighted by molar-refractivity contribution is 7.99. The van der Waals surface area contributed by atoms with Crippen LogP contribution in [0.1, 0.15) is 37.1 Å². The van der Waals surface area contributed by atoms with E-state index in [0.29, 0.717) is 22.2 Å². The van der Waals surface area contributed by atoms with Gasteiger partial charge in [-0.15, -0.1) is 0 Å². The number of hydrogen-bond acceptors (Lipinski definition) is 4. The van der Waals surface area contributed by atoms with Crippen molar-refractivity contribution in [1.82, 2.24) is 9.55 Å². The third-order valence-corrected chi connectivity index (χ3v) is 5.92. The predicted molar refractivity (Wildman–Crippen MR) is 118 cm³/mol. The van der Waals surface area contributed by atoms with Gasteiger partial charge in [0.2, 0.25) is 0 Å². The van der Waals surface area contributed by atoms with E-state index in [1.807, 2.05) is 41.0 Å². The quantitative estimate of drug-likeness (QED) is 0.458. The number of anilines is 1. The molecule has 3 rings (SSSR count). The third-order valence-electron chi connectivity index (χ3n) is 4.40. The van der Waals surface area contributed by atoms with Gasteiger partial charge >= 0.3 is 0 Å². The second-order valence-corrected chi connectivity index (χ2v) is 8.92. The molecular weight excluding hydrogens is 413 g/mol. The molecule has 3 N–H and O–H groups in total. The Morgan fingerprint density at radius 3 is 2.46 bits per heavy atom. The molecule has 1 unspecified atom stereocenters. The minimum atomic E-state index is -0.154. The molecule has 0 spiro atoms. The highest BCUT2D eigenvalue weighted by Gasteiger charge is 2.21. The van der Waals surface area contributed by atoms with Crippen LogP contribution in [0.2, 0.25) is 10.0 Å². The Bertz CT molecular complexity index is 938. The summed E-state index contributed by atoms with van der Waals surface area (Å²) in [5.41, 5.74) is 8.67. The monoisotopic (exact) mass is 435 g/mol. The molecule has 0 aliphatic rings. The van der Waals surface area contributed by atoms with Gasteiger partial charge in [0.05, 0.1) is 24.7 Å². The van der Waals surface area contributed by atoms with Crippen molar-refractivity contribution in [3.63, 3.8) is 0 Å². The van der Waals surface area contributed by atoms with E-state index < -0.39 is 0 Å². The number of aliphatic hydroxyl groups excluding tert-OH is 1. The largest absolute Gasteiger partial charge is 0.399 e. The summed E-state index contributed by atoms with van der Waals surface area (Å²) < 4.78 is 2.04. The molecule has 0 bridgehead atoms. The maximum absolute atomic E-state index is 10.1. The molecule has 3 aromatic rings.